The van der Waals surface area contributed by atoms with Crippen molar-refractivity contribution in [2.24, 2.45) is 5.92 Å². The Bertz CT molecular complexity index is 885. The Morgan fingerprint density at radius 2 is 2.04 bits per heavy atom. The number of carbonyl (C=O) groups excluding carboxylic acids is 2. The molecule has 4 N–H and O–H groups in total. The van der Waals surface area contributed by atoms with Gasteiger partial charge in [-0.05, 0) is 43.0 Å². The molecule has 0 bridgehead atoms. The minimum atomic E-state index is -1.04. The van der Waals surface area contributed by atoms with Gasteiger partial charge < -0.3 is 21.1 Å². The van der Waals surface area contributed by atoms with Gasteiger partial charge in [-0.25, -0.2) is 4.79 Å². The third-order valence-corrected chi connectivity index (χ3v) is 5.37. The summed E-state index contributed by atoms with van der Waals surface area (Å²) in [6, 6.07) is 10.1. The fourth-order valence-corrected chi connectivity index (χ4v) is 3.65. The van der Waals surface area contributed by atoms with Crippen molar-refractivity contribution in [2.75, 3.05) is 6.54 Å². The van der Waals surface area contributed by atoms with E-state index in [2.05, 4.69) is 20.9 Å². The molecule has 1 aliphatic heterocycles. The molecule has 8 heteroatoms. The number of halogens is 1. The minimum Gasteiger partial charge on any atom is -0.371 e. The largest absolute Gasteiger partial charge is 0.371 e. The number of aliphatic hydroxyl groups excluding tert-OH is 1. The van der Waals surface area contributed by atoms with E-state index in [1.165, 1.54) is 0 Å². The van der Waals surface area contributed by atoms with Crippen LogP contribution in [0.5, 0.6) is 0 Å². The first-order valence-corrected chi connectivity index (χ1v) is 9.13. The van der Waals surface area contributed by atoms with Crippen LogP contribution in [0.15, 0.2) is 42.6 Å². The number of nitrogens with zero attached hydrogens (tertiary/aromatic N) is 1. The number of rotatable bonds is 5. The van der Waals surface area contributed by atoms with Crippen molar-refractivity contribution in [1.29, 1.82) is 0 Å². The minimum absolute atomic E-state index is 0.130. The van der Waals surface area contributed by atoms with Crippen LogP contribution >= 0.6 is 11.6 Å². The molecule has 27 heavy (non-hydrogen) atoms. The number of aliphatic hydroxyl groups is 1. The van der Waals surface area contributed by atoms with E-state index in [-0.39, 0.29) is 18.4 Å². The van der Waals surface area contributed by atoms with Gasteiger partial charge in [-0.1, -0.05) is 23.7 Å². The fourth-order valence-electron chi connectivity index (χ4n) is 3.53. The molecule has 7 nitrogen and oxygen atoms in total. The maximum absolute atomic E-state index is 12.8. The highest BCUT2D eigenvalue weighted by Crippen LogP contribution is 2.42. The number of urea groups is 1. The van der Waals surface area contributed by atoms with Gasteiger partial charge in [0.25, 0.3) is 5.91 Å². The van der Waals surface area contributed by atoms with Gasteiger partial charge in [-0.3, -0.25) is 9.78 Å². The van der Waals surface area contributed by atoms with Gasteiger partial charge in [-0.15, -0.1) is 0 Å². The monoisotopic (exact) mass is 386 g/mol. The van der Waals surface area contributed by atoms with Crippen molar-refractivity contribution < 1.29 is 14.7 Å². The Morgan fingerprint density at radius 1 is 1.30 bits per heavy atom. The number of hydrogen-bond donors (Lipinski definition) is 4. The first-order chi connectivity index (χ1) is 13.0. The smallest absolute Gasteiger partial charge is 0.317 e. The van der Waals surface area contributed by atoms with Gasteiger partial charge in [0.05, 0.1) is 11.3 Å². The fraction of sp³-hybridized carbons (Fsp3) is 0.316. The molecular weight excluding hydrogens is 368 g/mol. The van der Waals surface area contributed by atoms with Gasteiger partial charge in [-0.2, -0.15) is 0 Å². The lowest BCUT2D eigenvalue weighted by molar-refractivity contribution is 0.0632. The molecule has 2 atom stereocenters. The number of nitrogens with one attached hydrogen (secondary N) is 3. The molecule has 2 heterocycles. The summed E-state index contributed by atoms with van der Waals surface area (Å²) in [5.41, 5.74) is 0.854. The van der Waals surface area contributed by atoms with Crippen molar-refractivity contribution in [3.63, 3.8) is 0 Å². The molecule has 0 radical (unpaired) electrons. The molecule has 4 rings (SSSR count). The summed E-state index contributed by atoms with van der Waals surface area (Å²) in [6.07, 6.45) is 2.38. The second-order valence-electron chi connectivity index (χ2n) is 6.90. The van der Waals surface area contributed by atoms with Crippen molar-refractivity contribution in [3.8, 4) is 11.3 Å². The zero-order valence-corrected chi connectivity index (χ0v) is 15.2. The Labute approximate surface area is 161 Å². The van der Waals surface area contributed by atoms with Crippen LogP contribution in [0.2, 0.25) is 5.02 Å². The summed E-state index contributed by atoms with van der Waals surface area (Å²) in [5, 5.41) is 19.0. The highest BCUT2D eigenvalue weighted by Gasteiger charge is 2.55. The van der Waals surface area contributed by atoms with Crippen LogP contribution in [0, 0.1) is 5.92 Å². The summed E-state index contributed by atoms with van der Waals surface area (Å²) in [5.74, 6) is -0.183. The van der Waals surface area contributed by atoms with E-state index in [4.69, 9.17) is 11.6 Å². The third kappa shape index (κ3) is 3.36. The quantitative estimate of drug-likeness (QED) is 0.630. The molecule has 2 aliphatic rings. The molecule has 1 saturated heterocycles. The Morgan fingerprint density at radius 3 is 2.67 bits per heavy atom. The van der Waals surface area contributed by atoms with Crippen LogP contribution in [0.3, 0.4) is 0 Å². The second-order valence-corrected chi connectivity index (χ2v) is 7.34. The summed E-state index contributed by atoms with van der Waals surface area (Å²) in [7, 11) is 0. The van der Waals surface area contributed by atoms with E-state index < -0.39 is 17.8 Å². The van der Waals surface area contributed by atoms with Crippen LogP contribution in [0.1, 0.15) is 23.2 Å². The maximum Gasteiger partial charge on any atom is 0.317 e. The van der Waals surface area contributed by atoms with E-state index in [1.54, 1.807) is 42.6 Å². The van der Waals surface area contributed by atoms with Gasteiger partial charge in [0.2, 0.25) is 0 Å². The van der Waals surface area contributed by atoms with Gasteiger partial charge in [0, 0.05) is 23.3 Å². The lowest BCUT2D eigenvalue weighted by Crippen LogP contribution is -2.59. The molecule has 3 amide bonds. The average Bonchev–Trinajstić information content (AvgIpc) is 3.47. The SMILES string of the molecule is O=C1NC(O)[C@](CNC(=O)c2cccnc2-c2ccc(Cl)cc2)(C2CC2)N1. The number of pyridine rings is 1. The van der Waals surface area contributed by atoms with Crippen LogP contribution in [0.4, 0.5) is 4.79 Å². The van der Waals surface area contributed by atoms with Crippen molar-refractivity contribution >= 4 is 23.5 Å². The Balaban J connectivity index is 1.55. The second kappa shape index (κ2) is 6.83. The molecule has 2 fully saturated rings. The van der Waals surface area contributed by atoms with Crippen molar-refractivity contribution in [3.05, 3.63) is 53.2 Å². The van der Waals surface area contributed by atoms with Crippen LogP contribution in [-0.2, 0) is 0 Å². The number of carbonyl (C=O) groups is 2. The Kier molecular flexibility index (Phi) is 4.49. The normalized spacial score (nSPS) is 24.2. The molecular formula is C19H19ClN4O3. The third-order valence-electron chi connectivity index (χ3n) is 5.12. The first-order valence-electron chi connectivity index (χ1n) is 8.75. The number of amides is 3. The molecule has 1 saturated carbocycles. The highest BCUT2D eigenvalue weighted by atomic mass is 35.5. The molecule has 1 aliphatic carbocycles. The van der Waals surface area contributed by atoms with Crippen LogP contribution in [0.25, 0.3) is 11.3 Å². The van der Waals surface area contributed by atoms with E-state index in [0.717, 1.165) is 18.4 Å². The maximum atomic E-state index is 12.8. The molecule has 1 unspecified atom stereocenters. The van der Waals surface area contributed by atoms with Gasteiger partial charge >= 0.3 is 6.03 Å². The summed E-state index contributed by atoms with van der Waals surface area (Å²) in [6.45, 7) is 0.130. The molecule has 1 aromatic carbocycles. The van der Waals surface area contributed by atoms with Crippen LogP contribution < -0.4 is 16.0 Å². The predicted octanol–water partition coefficient (Wildman–Crippen LogP) is 1.91. The van der Waals surface area contributed by atoms with E-state index in [1.807, 2.05) is 0 Å². The van der Waals surface area contributed by atoms with E-state index in [9.17, 15) is 14.7 Å². The molecule has 1 aromatic heterocycles. The van der Waals surface area contributed by atoms with Crippen molar-refractivity contribution in [1.82, 2.24) is 20.9 Å². The number of aromatic nitrogens is 1. The number of hydrogen-bond acceptors (Lipinski definition) is 4. The lowest BCUT2D eigenvalue weighted by atomic mass is 9.92. The summed E-state index contributed by atoms with van der Waals surface area (Å²) >= 11 is 5.94. The predicted molar refractivity (Wildman–Crippen MR) is 100 cm³/mol. The van der Waals surface area contributed by atoms with Gasteiger partial charge in [0.15, 0.2) is 6.23 Å². The highest BCUT2D eigenvalue weighted by molar-refractivity contribution is 6.30. The molecule has 140 valence electrons. The zero-order chi connectivity index (χ0) is 19.0. The first kappa shape index (κ1) is 17.8. The lowest BCUT2D eigenvalue weighted by Gasteiger charge is -2.31. The molecule has 2 aromatic rings. The van der Waals surface area contributed by atoms with Gasteiger partial charge in [0.1, 0.15) is 5.54 Å². The standard InChI is InChI=1S/C19H19ClN4O3/c20-13-7-3-11(4-8-13)15-14(2-1-9-21-15)16(25)22-10-19(12-5-6-12)17(26)23-18(27)24-19/h1-4,7-9,12,17,26H,5-6,10H2,(H,22,25)(H2,23,24,27)/t17?,19-/m0/s1. The average molecular weight is 387 g/mol. The Hall–Kier alpha value is -2.64. The van der Waals surface area contributed by atoms with Crippen LogP contribution in [-0.4, -0.2) is 40.3 Å². The van der Waals surface area contributed by atoms with E-state index >= 15 is 0 Å². The summed E-state index contributed by atoms with van der Waals surface area (Å²) < 4.78 is 0. The summed E-state index contributed by atoms with van der Waals surface area (Å²) in [4.78, 5) is 28.8. The van der Waals surface area contributed by atoms with E-state index in [0.29, 0.717) is 16.3 Å². The molecule has 0 spiro atoms. The number of benzene rings is 1. The topological polar surface area (TPSA) is 103 Å². The zero-order valence-electron chi connectivity index (χ0n) is 14.4. The van der Waals surface area contributed by atoms with Crippen molar-refractivity contribution in [2.45, 2.75) is 24.6 Å².